The van der Waals surface area contributed by atoms with Crippen molar-refractivity contribution in [1.82, 2.24) is 14.3 Å². The van der Waals surface area contributed by atoms with Gasteiger partial charge in [0.1, 0.15) is 12.4 Å². The molecule has 0 amide bonds. The summed E-state index contributed by atoms with van der Waals surface area (Å²) in [5.74, 6) is 1.91. The Balaban J connectivity index is 1.53. The summed E-state index contributed by atoms with van der Waals surface area (Å²) in [5.41, 5.74) is 1.36. The molecule has 116 valence electrons. The molecule has 0 saturated heterocycles. The van der Waals surface area contributed by atoms with Crippen molar-refractivity contribution >= 4 is 12.2 Å². The number of aromatic nitrogens is 3. The number of rotatable bonds is 6. The normalized spacial score (nSPS) is 19.3. The molecular formula is C17H23N4S+. The number of hydrogen-bond donors (Lipinski definition) is 1. The predicted molar refractivity (Wildman–Crippen MR) is 88.3 cm³/mol. The minimum absolute atomic E-state index is 0.631. The van der Waals surface area contributed by atoms with E-state index in [0.717, 1.165) is 18.0 Å². The van der Waals surface area contributed by atoms with Crippen LogP contribution in [0.5, 0.6) is 0 Å². The molecule has 2 fully saturated rings. The highest BCUT2D eigenvalue weighted by Crippen LogP contribution is 2.44. The van der Waals surface area contributed by atoms with E-state index in [1.54, 1.807) is 0 Å². The molecule has 5 heteroatoms. The molecule has 1 atom stereocenters. The predicted octanol–water partition coefficient (Wildman–Crippen LogP) is 2.30. The van der Waals surface area contributed by atoms with E-state index in [9.17, 15) is 0 Å². The van der Waals surface area contributed by atoms with E-state index in [1.807, 2.05) is 0 Å². The van der Waals surface area contributed by atoms with Crippen LogP contribution in [0, 0.1) is 4.77 Å². The van der Waals surface area contributed by atoms with Crippen LogP contribution in [0.1, 0.15) is 49.0 Å². The number of hydrogen-bond acceptors (Lipinski definition) is 2. The van der Waals surface area contributed by atoms with Crippen molar-refractivity contribution in [3.63, 3.8) is 0 Å². The van der Waals surface area contributed by atoms with Gasteiger partial charge in [0.05, 0.1) is 7.05 Å². The van der Waals surface area contributed by atoms with Gasteiger partial charge in [-0.05, 0) is 37.9 Å². The molecule has 1 N–H and O–H groups in total. The Morgan fingerprint density at radius 2 is 1.91 bits per heavy atom. The van der Waals surface area contributed by atoms with Crippen molar-refractivity contribution in [2.75, 3.05) is 7.05 Å². The average Bonchev–Trinajstić information content (AvgIpc) is 3.40. The van der Waals surface area contributed by atoms with Gasteiger partial charge >= 0.3 is 0 Å². The summed E-state index contributed by atoms with van der Waals surface area (Å²) < 4.78 is 5.33. The molecule has 1 aromatic carbocycles. The molecule has 0 aliphatic heterocycles. The first-order valence-corrected chi connectivity index (χ1v) is 8.67. The second-order valence-corrected chi connectivity index (χ2v) is 7.16. The number of quaternary nitrogens is 1. The van der Waals surface area contributed by atoms with E-state index in [2.05, 4.69) is 46.6 Å². The highest BCUT2D eigenvalue weighted by atomic mass is 32.1. The fourth-order valence-corrected chi connectivity index (χ4v) is 3.44. The lowest BCUT2D eigenvalue weighted by Gasteiger charge is -2.13. The highest BCUT2D eigenvalue weighted by Gasteiger charge is 2.36. The van der Waals surface area contributed by atoms with E-state index in [0.29, 0.717) is 12.0 Å². The van der Waals surface area contributed by atoms with Gasteiger partial charge in [0.25, 0.3) is 0 Å². The smallest absolute Gasteiger partial charge is 0.203 e. The van der Waals surface area contributed by atoms with Crippen LogP contribution >= 0.6 is 12.2 Å². The van der Waals surface area contributed by atoms with Crippen molar-refractivity contribution in [3.05, 3.63) is 46.5 Å². The lowest BCUT2D eigenvalue weighted by atomic mass is 10.2. The first kappa shape index (κ1) is 14.2. The lowest BCUT2D eigenvalue weighted by molar-refractivity contribution is -0.917. The van der Waals surface area contributed by atoms with Gasteiger partial charge in [-0.1, -0.05) is 30.3 Å². The molecule has 1 aromatic heterocycles. The van der Waals surface area contributed by atoms with Crippen LogP contribution in [-0.4, -0.2) is 21.4 Å². The summed E-state index contributed by atoms with van der Waals surface area (Å²) >= 11 is 5.71. The summed E-state index contributed by atoms with van der Waals surface area (Å²) in [7, 11) is 2.21. The van der Waals surface area contributed by atoms with Crippen LogP contribution in [0.4, 0.5) is 0 Å². The maximum absolute atomic E-state index is 5.71. The third kappa shape index (κ3) is 2.88. The summed E-state index contributed by atoms with van der Waals surface area (Å²) in [6.45, 7) is 1.84. The van der Waals surface area contributed by atoms with E-state index in [4.69, 9.17) is 17.3 Å². The van der Waals surface area contributed by atoms with E-state index in [-0.39, 0.29) is 0 Å². The Hall–Kier alpha value is -1.46. The lowest BCUT2D eigenvalue weighted by Crippen LogP contribution is -3.07. The average molecular weight is 315 g/mol. The van der Waals surface area contributed by atoms with Gasteiger partial charge in [-0.2, -0.15) is 9.78 Å². The summed E-state index contributed by atoms with van der Waals surface area (Å²) in [4.78, 5) is 1.41. The summed E-state index contributed by atoms with van der Waals surface area (Å²) in [6, 6.07) is 11.3. The Bertz CT molecular complexity index is 710. The van der Waals surface area contributed by atoms with Gasteiger partial charge in [0, 0.05) is 17.5 Å². The topological polar surface area (TPSA) is 27.2 Å². The van der Waals surface area contributed by atoms with Crippen molar-refractivity contribution in [1.29, 1.82) is 0 Å². The first-order chi connectivity index (χ1) is 10.7. The van der Waals surface area contributed by atoms with Gasteiger partial charge in [-0.15, -0.1) is 0 Å². The first-order valence-electron chi connectivity index (χ1n) is 8.27. The Morgan fingerprint density at radius 3 is 2.55 bits per heavy atom. The van der Waals surface area contributed by atoms with Gasteiger partial charge in [0.2, 0.25) is 4.77 Å². The van der Waals surface area contributed by atoms with Crippen molar-refractivity contribution in [2.24, 2.45) is 0 Å². The van der Waals surface area contributed by atoms with Crippen LogP contribution in [-0.2, 0) is 13.2 Å². The molecule has 1 heterocycles. The molecular weight excluding hydrogens is 292 g/mol. The number of benzene rings is 1. The Kier molecular flexibility index (Phi) is 3.62. The number of nitrogens with zero attached hydrogens (tertiary/aromatic N) is 3. The zero-order valence-electron chi connectivity index (χ0n) is 13.0. The SMILES string of the molecule is C[NH+](Cc1ccccc1)Cn1nc(C2CC2)n(C2CC2)c1=S. The Labute approximate surface area is 136 Å². The van der Waals surface area contributed by atoms with E-state index < -0.39 is 0 Å². The molecule has 2 aliphatic carbocycles. The minimum atomic E-state index is 0.631. The van der Waals surface area contributed by atoms with Gasteiger partial charge in [0.15, 0.2) is 6.67 Å². The second-order valence-electron chi connectivity index (χ2n) is 6.79. The molecule has 2 aliphatic rings. The molecule has 0 bridgehead atoms. The van der Waals surface area contributed by atoms with Crippen LogP contribution in [0.3, 0.4) is 0 Å². The maximum atomic E-state index is 5.71. The van der Waals surface area contributed by atoms with Crippen LogP contribution in [0.15, 0.2) is 30.3 Å². The van der Waals surface area contributed by atoms with Gasteiger partial charge in [-0.25, -0.2) is 0 Å². The highest BCUT2D eigenvalue weighted by molar-refractivity contribution is 7.71. The third-order valence-corrected chi connectivity index (χ3v) is 4.93. The minimum Gasteiger partial charge on any atom is -0.315 e. The molecule has 2 aromatic rings. The summed E-state index contributed by atoms with van der Waals surface area (Å²) in [5, 5.41) is 4.87. The van der Waals surface area contributed by atoms with Gasteiger partial charge < -0.3 is 9.47 Å². The zero-order chi connectivity index (χ0) is 15.1. The van der Waals surface area contributed by atoms with Crippen molar-refractivity contribution in [3.8, 4) is 0 Å². The zero-order valence-corrected chi connectivity index (χ0v) is 13.9. The molecule has 22 heavy (non-hydrogen) atoms. The van der Waals surface area contributed by atoms with Crippen LogP contribution < -0.4 is 4.90 Å². The van der Waals surface area contributed by atoms with Crippen LogP contribution in [0.25, 0.3) is 0 Å². The van der Waals surface area contributed by atoms with Gasteiger partial charge in [-0.3, -0.25) is 0 Å². The largest absolute Gasteiger partial charge is 0.315 e. The quantitative estimate of drug-likeness (QED) is 0.828. The van der Waals surface area contributed by atoms with Crippen LogP contribution in [0.2, 0.25) is 0 Å². The second kappa shape index (κ2) is 5.63. The molecule has 0 radical (unpaired) electrons. The molecule has 2 saturated carbocycles. The van der Waals surface area contributed by atoms with Crippen molar-refractivity contribution in [2.45, 2.75) is 50.9 Å². The maximum Gasteiger partial charge on any atom is 0.203 e. The molecule has 4 nitrogen and oxygen atoms in total. The fraction of sp³-hybridized carbons (Fsp3) is 0.529. The molecule has 1 unspecified atom stereocenters. The standard InChI is InChI=1S/C17H22N4S/c1-19(11-13-5-3-2-4-6-13)12-20-17(22)21(15-9-10-15)16(18-20)14-7-8-14/h2-6,14-15H,7-12H2,1H3/p+1. The van der Waals surface area contributed by atoms with Crippen molar-refractivity contribution < 1.29 is 4.90 Å². The van der Waals surface area contributed by atoms with E-state index in [1.165, 1.54) is 42.0 Å². The summed E-state index contributed by atoms with van der Waals surface area (Å²) in [6.07, 6.45) is 5.11. The monoisotopic (exact) mass is 315 g/mol. The molecule has 0 spiro atoms. The molecule has 4 rings (SSSR count). The Morgan fingerprint density at radius 1 is 1.18 bits per heavy atom. The van der Waals surface area contributed by atoms with E-state index >= 15 is 0 Å². The third-order valence-electron chi connectivity index (χ3n) is 4.52. The number of nitrogens with one attached hydrogen (secondary N) is 1. The fourth-order valence-electron chi connectivity index (χ4n) is 3.09.